The van der Waals surface area contributed by atoms with Crippen LogP contribution in [0.1, 0.15) is 48.3 Å². The Morgan fingerprint density at radius 2 is 2.33 bits per heavy atom. The number of carbonyl (C=O) groups is 2. The Morgan fingerprint density at radius 1 is 1.61 bits per heavy atom. The Morgan fingerprint density at radius 3 is 2.94 bits per heavy atom. The highest BCUT2D eigenvalue weighted by atomic mass is 16.4. The molecule has 1 unspecified atom stereocenters. The Hall–Kier alpha value is -1.85. The molecule has 6 heteroatoms. The van der Waals surface area contributed by atoms with E-state index < -0.39 is 5.97 Å². The van der Waals surface area contributed by atoms with Crippen molar-refractivity contribution in [1.29, 1.82) is 0 Å². The molecule has 98 valence electrons. The van der Waals surface area contributed by atoms with Crippen LogP contribution in [0.2, 0.25) is 0 Å². The number of aliphatic carboxylic acids is 1. The summed E-state index contributed by atoms with van der Waals surface area (Å²) >= 11 is 0. The average molecular weight is 251 g/mol. The smallest absolute Gasteiger partial charge is 0.303 e. The largest absolute Gasteiger partial charge is 0.481 e. The van der Waals surface area contributed by atoms with Gasteiger partial charge in [-0.15, -0.1) is 0 Å². The third kappa shape index (κ3) is 3.32. The van der Waals surface area contributed by atoms with Gasteiger partial charge in [0.1, 0.15) is 5.69 Å². The van der Waals surface area contributed by atoms with Crippen molar-refractivity contribution in [1.82, 2.24) is 15.5 Å². The maximum Gasteiger partial charge on any atom is 0.303 e. The fourth-order valence-corrected chi connectivity index (χ4v) is 1.78. The highest BCUT2D eigenvalue weighted by Gasteiger charge is 2.26. The summed E-state index contributed by atoms with van der Waals surface area (Å²) in [6, 6.07) is 1.77. The van der Waals surface area contributed by atoms with Crippen molar-refractivity contribution in [2.45, 2.75) is 32.1 Å². The van der Waals surface area contributed by atoms with E-state index in [1.807, 2.05) is 0 Å². The second-order valence-corrected chi connectivity index (χ2v) is 4.90. The van der Waals surface area contributed by atoms with Gasteiger partial charge in [-0.05, 0) is 24.8 Å². The van der Waals surface area contributed by atoms with Gasteiger partial charge in [-0.25, -0.2) is 0 Å². The molecule has 1 atom stereocenters. The maximum absolute atomic E-state index is 11.8. The topological polar surface area (TPSA) is 95.1 Å². The van der Waals surface area contributed by atoms with E-state index in [2.05, 4.69) is 15.5 Å². The minimum absolute atomic E-state index is 0.0498. The molecule has 3 N–H and O–H groups in total. The molecule has 0 aromatic carbocycles. The number of hydrogen-bond donors (Lipinski definition) is 3. The van der Waals surface area contributed by atoms with Crippen molar-refractivity contribution < 1.29 is 14.7 Å². The van der Waals surface area contributed by atoms with Crippen LogP contribution in [0.15, 0.2) is 6.07 Å². The molecule has 0 bridgehead atoms. The molecule has 0 radical (unpaired) electrons. The lowest BCUT2D eigenvalue weighted by atomic mass is 10.1. The van der Waals surface area contributed by atoms with Gasteiger partial charge in [0, 0.05) is 24.6 Å². The SMILES string of the molecule is CC(CNC(=O)c1cc(C2CC2)[nH]n1)CC(=O)O. The number of aromatic amines is 1. The van der Waals surface area contributed by atoms with Gasteiger partial charge in [0.2, 0.25) is 0 Å². The lowest BCUT2D eigenvalue weighted by Crippen LogP contribution is -2.29. The summed E-state index contributed by atoms with van der Waals surface area (Å²) in [6.45, 7) is 2.13. The number of H-pyrrole nitrogens is 1. The molecule has 6 nitrogen and oxygen atoms in total. The highest BCUT2D eigenvalue weighted by molar-refractivity contribution is 5.92. The number of rotatable bonds is 6. The molecule has 1 saturated carbocycles. The molecule has 0 saturated heterocycles. The van der Waals surface area contributed by atoms with Crippen molar-refractivity contribution in [2.24, 2.45) is 5.92 Å². The van der Waals surface area contributed by atoms with Crippen LogP contribution < -0.4 is 5.32 Å². The van der Waals surface area contributed by atoms with Crippen LogP contribution in [0.5, 0.6) is 0 Å². The zero-order valence-corrected chi connectivity index (χ0v) is 10.3. The number of carbonyl (C=O) groups excluding carboxylic acids is 1. The number of nitrogens with one attached hydrogen (secondary N) is 2. The van der Waals surface area contributed by atoms with Gasteiger partial charge < -0.3 is 10.4 Å². The van der Waals surface area contributed by atoms with Crippen LogP contribution in [-0.4, -0.2) is 33.7 Å². The van der Waals surface area contributed by atoms with Crippen molar-refractivity contribution in [3.05, 3.63) is 17.5 Å². The lowest BCUT2D eigenvalue weighted by Gasteiger charge is -2.08. The van der Waals surface area contributed by atoms with E-state index in [-0.39, 0.29) is 18.2 Å². The molecule has 0 spiro atoms. The summed E-state index contributed by atoms with van der Waals surface area (Å²) < 4.78 is 0. The Labute approximate surface area is 105 Å². The molecule has 1 aliphatic rings. The summed E-state index contributed by atoms with van der Waals surface area (Å²) in [5.41, 5.74) is 1.39. The quantitative estimate of drug-likeness (QED) is 0.706. The molecule has 18 heavy (non-hydrogen) atoms. The molecule has 1 amide bonds. The van der Waals surface area contributed by atoms with E-state index in [1.54, 1.807) is 13.0 Å². The number of carboxylic acid groups (broad SMARTS) is 1. The molecule has 1 fully saturated rings. The van der Waals surface area contributed by atoms with E-state index in [9.17, 15) is 9.59 Å². The standard InChI is InChI=1S/C12H17N3O3/c1-7(4-11(16)17)6-13-12(18)10-5-9(14-15-10)8-2-3-8/h5,7-8H,2-4,6H2,1H3,(H,13,18)(H,14,15)(H,16,17). The number of hydrogen-bond acceptors (Lipinski definition) is 3. The summed E-state index contributed by atoms with van der Waals surface area (Å²) in [4.78, 5) is 22.2. The first kappa shape index (κ1) is 12.6. The number of carboxylic acids is 1. The van der Waals surface area contributed by atoms with Crippen LogP contribution in [0.3, 0.4) is 0 Å². The fourth-order valence-electron chi connectivity index (χ4n) is 1.78. The number of nitrogens with zero attached hydrogens (tertiary/aromatic N) is 1. The minimum atomic E-state index is -0.854. The normalized spacial score (nSPS) is 16.3. The van der Waals surface area contributed by atoms with Crippen molar-refractivity contribution in [2.75, 3.05) is 6.54 Å². The molecule has 1 aliphatic carbocycles. The first-order valence-electron chi connectivity index (χ1n) is 6.11. The number of amides is 1. The molecule has 2 rings (SSSR count). The Bertz CT molecular complexity index is 451. The van der Waals surface area contributed by atoms with Crippen LogP contribution in [0.25, 0.3) is 0 Å². The van der Waals surface area contributed by atoms with Crippen LogP contribution in [-0.2, 0) is 4.79 Å². The molecule has 1 aromatic heterocycles. The second kappa shape index (κ2) is 5.20. The predicted octanol–water partition coefficient (Wildman–Crippen LogP) is 1.13. The minimum Gasteiger partial charge on any atom is -0.481 e. The van der Waals surface area contributed by atoms with Gasteiger partial charge >= 0.3 is 5.97 Å². The zero-order valence-electron chi connectivity index (χ0n) is 10.3. The van der Waals surface area contributed by atoms with Crippen molar-refractivity contribution in [3.63, 3.8) is 0 Å². The third-order valence-corrected chi connectivity index (χ3v) is 2.98. The van der Waals surface area contributed by atoms with E-state index in [0.29, 0.717) is 18.2 Å². The Balaban J connectivity index is 1.81. The van der Waals surface area contributed by atoms with Crippen LogP contribution in [0, 0.1) is 5.92 Å². The van der Waals surface area contributed by atoms with Gasteiger partial charge in [0.25, 0.3) is 5.91 Å². The molecule has 0 aliphatic heterocycles. The first-order chi connectivity index (χ1) is 8.56. The molecule has 1 heterocycles. The summed E-state index contributed by atoms with van der Waals surface area (Å²) in [5, 5.41) is 18.1. The number of aromatic nitrogens is 2. The summed E-state index contributed by atoms with van der Waals surface area (Å²) in [6.07, 6.45) is 2.35. The van der Waals surface area contributed by atoms with Crippen molar-refractivity contribution >= 4 is 11.9 Å². The van der Waals surface area contributed by atoms with Crippen LogP contribution in [0.4, 0.5) is 0 Å². The zero-order chi connectivity index (χ0) is 13.1. The molecule has 1 aromatic rings. The highest BCUT2D eigenvalue weighted by Crippen LogP contribution is 2.38. The van der Waals surface area contributed by atoms with Gasteiger partial charge in [-0.1, -0.05) is 6.92 Å². The first-order valence-corrected chi connectivity index (χ1v) is 6.11. The van der Waals surface area contributed by atoms with E-state index >= 15 is 0 Å². The molecular formula is C12H17N3O3. The molecular weight excluding hydrogens is 234 g/mol. The maximum atomic E-state index is 11.8. The van der Waals surface area contributed by atoms with Gasteiger partial charge in [-0.2, -0.15) is 5.10 Å². The summed E-state index contributed by atoms with van der Waals surface area (Å²) in [7, 11) is 0. The van der Waals surface area contributed by atoms with E-state index in [0.717, 1.165) is 18.5 Å². The average Bonchev–Trinajstić information content (AvgIpc) is 3.03. The monoisotopic (exact) mass is 251 g/mol. The summed E-state index contributed by atoms with van der Waals surface area (Å²) in [5.74, 6) is -0.666. The van der Waals surface area contributed by atoms with Crippen molar-refractivity contribution in [3.8, 4) is 0 Å². The third-order valence-electron chi connectivity index (χ3n) is 2.98. The van der Waals surface area contributed by atoms with Crippen LogP contribution >= 0.6 is 0 Å². The fraction of sp³-hybridized carbons (Fsp3) is 0.583. The van der Waals surface area contributed by atoms with Gasteiger partial charge in [0.15, 0.2) is 0 Å². The lowest BCUT2D eigenvalue weighted by molar-refractivity contribution is -0.137. The van der Waals surface area contributed by atoms with E-state index in [1.165, 1.54) is 0 Å². The second-order valence-electron chi connectivity index (χ2n) is 4.90. The van der Waals surface area contributed by atoms with E-state index in [4.69, 9.17) is 5.11 Å². The van der Waals surface area contributed by atoms with Gasteiger partial charge in [0.05, 0.1) is 0 Å². The predicted molar refractivity (Wildman–Crippen MR) is 64.3 cm³/mol. The van der Waals surface area contributed by atoms with Gasteiger partial charge in [-0.3, -0.25) is 14.7 Å². The Kier molecular flexibility index (Phi) is 3.64.